The van der Waals surface area contributed by atoms with Gasteiger partial charge in [0.25, 0.3) is 11.6 Å². The minimum Gasteiger partial charge on any atom is -0.377 e. The molecule has 1 heterocycles. The van der Waals surface area contributed by atoms with Gasteiger partial charge in [-0.05, 0) is 30.7 Å². The van der Waals surface area contributed by atoms with Crippen LogP contribution in [0.15, 0.2) is 42.5 Å². The molecule has 0 radical (unpaired) electrons. The highest BCUT2D eigenvalue weighted by Gasteiger charge is 2.26. The summed E-state index contributed by atoms with van der Waals surface area (Å²) in [5.41, 5.74) is 3.36. The third-order valence-corrected chi connectivity index (χ3v) is 4.84. The fourth-order valence-electron chi connectivity index (χ4n) is 3.36. The summed E-state index contributed by atoms with van der Waals surface area (Å²) in [7, 11) is 3.65. The predicted octanol–water partition coefficient (Wildman–Crippen LogP) is 2.93. The molecule has 3 rings (SSSR count). The molecule has 27 heavy (non-hydrogen) atoms. The Kier molecular flexibility index (Phi) is 5.30. The summed E-state index contributed by atoms with van der Waals surface area (Å²) in [6.45, 7) is 4.71. The van der Waals surface area contributed by atoms with Gasteiger partial charge < -0.3 is 14.7 Å². The fourth-order valence-corrected chi connectivity index (χ4v) is 3.36. The maximum absolute atomic E-state index is 13.1. The molecule has 1 amide bonds. The van der Waals surface area contributed by atoms with Gasteiger partial charge in [-0.1, -0.05) is 12.1 Å². The van der Waals surface area contributed by atoms with Gasteiger partial charge in [0.05, 0.1) is 10.5 Å². The van der Waals surface area contributed by atoms with Crippen LogP contribution in [0.3, 0.4) is 0 Å². The number of aryl methyl sites for hydroxylation is 1. The number of amides is 1. The molecule has 1 fully saturated rings. The van der Waals surface area contributed by atoms with Gasteiger partial charge in [-0.15, -0.1) is 0 Å². The molecule has 0 bridgehead atoms. The molecule has 0 unspecified atom stereocenters. The van der Waals surface area contributed by atoms with E-state index in [9.17, 15) is 14.9 Å². The van der Waals surface area contributed by atoms with Crippen LogP contribution < -0.4 is 9.80 Å². The molecular weight excluding hydrogens is 344 g/mol. The molecule has 1 saturated heterocycles. The minimum atomic E-state index is -0.466. The smallest absolute Gasteiger partial charge is 0.270 e. The largest absolute Gasteiger partial charge is 0.377 e. The van der Waals surface area contributed by atoms with E-state index < -0.39 is 4.92 Å². The van der Waals surface area contributed by atoms with Crippen molar-refractivity contribution in [2.75, 3.05) is 50.1 Å². The van der Waals surface area contributed by atoms with Gasteiger partial charge >= 0.3 is 0 Å². The Balaban J connectivity index is 1.77. The minimum absolute atomic E-state index is 0.0673. The first-order valence-electron chi connectivity index (χ1n) is 8.93. The SMILES string of the molecule is Cc1cccc(N2CCN(C(=O)c3cc([N+](=O)[O-])ccc3N(C)C)CC2)c1. The molecule has 0 atom stereocenters. The van der Waals surface area contributed by atoms with Crippen molar-refractivity contribution in [1.29, 1.82) is 0 Å². The van der Waals surface area contributed by atoms with Crippen LogP contribution in [0.2, 0.25) is 0 Å². The van der Waals surface area contributed by atoms with Gasteiger partial charge in [0.2, 0.25) is 0 Å². The number of nitro groups is 1. The second-order valence-corrected chi connectivity index (χ2v) is 6.97. The first-order chi connectivity index (χ1) is 12.9. The molecule has 2 aromatic rings. The van der Waals surface area contributed by atoms with Crippen molar-refractivity contribution in [3.05, 3.63) is 63.7 Å². The first kappa shape index (κ1) is 18.7. The Morgan fingerprint density at radius 3 is 2.37 bits per heavy atom. The van der Waals surface area contributed by atoms with Crippen LogP contribution >= 0.6 is 0 Å². The van der Waals surface area contributed by atoms with Gasteiger partial charge in [0.1, 0.15) is 0 Å². The molecule has 7 heteroatoms. The van der Waals surface area contributed by atoms with E-state index in [0.29, 0.717) is 24.3 Å². The van der Waals surface area contributed by atoms with Crippen molar-refractivity contribution in [2.24, 2.45) is 0 Å². The Bertz CT molecular complexity index is 858. The number of anilines is 2. The van der Waals surface area contributed by atoms with E-state index in [-0.39, 0.29) is 11.6 Å². The van der Waals surface area contributed by atoms with Gasteiger partial charge in [-0.2, -0.15) is 0 Å². The second-order valence-electron chi connectivity index (χ2n) is 6.97. The highest BCUT2D eigenvalue weighted by Crippen LogP contribution is 2.26. The standard InChI is InChI=1S/C20H24N4O3/c1-15-5-4-6-16(13-15)22-9-11-23(12-10-22)20(25)18-14-17(24(26)27)7-8-19(18)21(2)3/h4-8,13-14H,9-12H2,1-3H3. The van der Waals surface area contributed by atoms with Crippen molar-refractivity contribution in [3.8, 4) is 0 Å². The van der Waals surface area contributed by atoms with Crippen molar-refractivity contribution in [3.63, 3.8) is 0 Å². The van der Waals surface area contributed by atoms with Crippen molar-refractivity contribution in [1.82, 2.24) is 4.90 Å². The van der Waals surface area contributed by atoms with Gasteiger partial charge in [0, 0.05) is 63.8 Å². The Labute approximate surface area is 158 Å². The Hall–Kier alpha value is -3.09. The van der Waals surface area contributed by atoms with E-state index >= 15 is 0 Å². The molecule has 1 aliphatic rings. The predicted molar refractivity (Wildman–Crippen MR) is 107 cm³/mol. The van der Waals surface area contributed by atoms with Gasteiger partial charge in [-0.3, -0.25) is 14.9 Å². The lowest BCUT2D eigenvalue weighted by Crippen LogP contribution is -2.49. The maximum Gasteiger partial charge on any atom is 0.270 e. The molecule has 0 aliphatic carbocycles. The lowest BCUT2D eigenvalue weighted by Gasteiger charge is -2.36. The zero-order valence-electron chi connectivity index (χ0n) is 15.9. The van der Waals surface area contributed by atoms with E-state index in [2.05, 4.69) is 30.0 Å². The summed E-state index contributed by atoms with van der Waals surface area (Å²) in [6, 6.07) is 12.8. The van der Waals surface area contributed by atoms with Crippen LogP contribution in [0.4, 0.5) is 17.1 Å². The number of nitrogens with zero attached hydrogens (tertiary/aromatic N) is 4. The zero-order chi connectivity index (χ0) is 19.6. The average Bonchev–Trinajstić information content (AvgIpc) is 2.67. The number of hydrogen-bond donors (Lipinski definition) is 0. The molecule has 7 nitrogen and oxygen atoms in total. The highest BCUT2D eigenvalue weighted by molar-refractivity contribution is 6.00. The summed E-state index contributed by atoms with van der Waals surface area (Å²) in [4.78, 5) is 29.6. The maximum atomic E-state index is 13.1. The summed E-state index contributed by atoms with van der Waals surface area (Å²) in [5.74, 6) is -0.161. The summed E-state index contributed by atoms with van der Waals surface area (Å²) in [6.07, 6.45) is 0. The monoisotopic (exact) mass is 368 g/mol. The van der Waals surface area contributed by atoms with E-state index in [1.165, 1.54) is 17.7 Å². The Morgan fingerprint density at radius 2 is 1.78 bits per heavy atom. The molecule has 142 valence electrons. The molecule has 2 aromatic carbocycles. The summed E-state index contributed by atoms with van der Waals surface area (Å²) >= 11 is 0. The van der Waals surface area contributed by atoms with Crippen LogP contribution in [0.1, 0.15) is 15.9 Å². The third kappa shape index (κ3) is 4.02. The number of non-ortho nitro benzene ring substituents is 1. The van der Waals surface area contributed by atoms with Crippen LogP contribution in [0.25, 0.3) is 0 Å². The number of piperazine rings is 1. The van der Waals surface area contributed by atoms with E-state index in [0.717, 1.165) is 18.8 Å². The topological polar surface area (TPSA) is 69.9 Å². The molecule has 0 aromatic heterocycles. The Morgan fingerprint density at radius 1 is 1.07 bits per heavy atom. The molecule has 0 N–H and O–H groups in total. The lowest BCUT2D eigenvalue weighted by molar-refractivity contribution is -0.384. The third-order valence-electron chi connectivity index (χ3n) is 4.84. The highest BCUT2D eigenvalue weighted by atomic mass is 16.6. The molecule has 1 aliphatic heterocycles. The zero-order valence-corrected chi connectivity index (χ0v) is 15.9. The van der Waals surface area contributed by atoms with Crippen molar-refractivity contribution >= 4 is 23.0 Å². The number of rotatable bonds is 4. The van der Waals surface area contributed by atoms with Gasteiger partial charge in [0.15, 0.2) is 0 Å². The second kappa shape index (κ2) is 7.65. The first-order valence-corrected chi connectivity index (χ1v) is 8.93. The number of carbonyl (C=O) groups is 1. The molecule has 0 spiro atoms. The van der Waals surface area contributed by atoms with Crippen LogP contribution in [0.5, 0.6) is 0 Å². The normalized spacial score (nSPS) is 14.2. The number of hydrogen-bond acceptors (Lipinski definition) is 5. The fraction of sp³-hybridized carbons (Fsp3) is 0.350. The summed E-state index contributed by atoms with van der Waals surface area (Å²) < 4.78 is 0. The van der Waals surface area contributed by atoms with Crippen molar-refractivity contribution < 1.29 is 9.72 Å². The molecular formula is C20H24N4O3. The van der Waals surface area contributed by atoms with Gasteiger partial charge in [-0.25, -0.2) is 0 Å². The van der Waals surface area contributed by atoms with E-state index in [1.807, 2.05) is 20.2 Å². The number of nitro benzene ring substituents is 1. The van der Waals surface area contributed by atoms with Crippen LogP contribution in [-0.4, -0.2) is 56.0 Å². The van der Waals surface area contributed by atoms with Crippen molar-refractivity contribution in [2.45, 2.75) is 6.92 Å². The number of carbonyl (C=O) groups excluding carboxylic acids is 1. The van der Waals surface area contributed by atoms with E-state index in [4.69, 9.17) is 0 Å². The quantitative estimate of drug-likeness (QED) is 0.613. The van der Waals surface area contributed by atoms with Crippen LogP contribution in [-0.2, 0) is 0 Å². The lowest BCUT2D eigenvalue weighted by atomic mass is 10.1. The average molecular weight is 368 g/mol. The molecule has 0 saturated carbocycles. The van der Waals surface area contributed by atoms with Crippen LogP contribution in [0, 0.1) is 17.0 Å². The number of benzene rings is 2. The summed E-state index contributed by atoms with van der Waals surface area (Å²) in [5, 5.41) is 11.1. The van der Waals surface area contributed by atoms with E-state index in [1.54, 1.807) is 15.9 Å².